The molecule has 0 bridgehead atoms. The Kier molecular flexibility index (Phi) is 45.5. The number of hydrogen-bond donors (Lipinski definition) is 1. The van der Waals surface area contributed by atoms with E-state index < -0.39 is 6.10 Å². The highest BCUT2D eigenvalue weighted by atomic mass is 16.6. The van der Waals surface area contributed by atoms with Gasteiger partial charge in [0, 0.05) is 13.0 Å². The lowest BCUT2D eigenvalue weighted by Crippen LogP contribution is -2.27. The maximum absolute atomic E-state index is 12.2. The molecular formula is C48H94O4. The van der Waals surface area contributed by atoms with Crippen molar-refractivity contribution in [3.05, 3.63) is 12.2 Å². The fourth-order valence-electron chi connectivity index (χ4n) is 7.27. The van der Waals surface area contributed by atoms with Crippen LogP contribution in [0, 0.1) is 0 Å². The third kappa shape index (κ3) is 43.5. The lowest BCUT2D eigenvalue weighted by Gasteiger charge is -2.15. The van der Waals surface area contributed by atoms with Crippen molar-refractivity contribution in [1.82, 2.24) is 0 Å². The largest absolute Gasteiger partial charge is 0.457 e. The molecule has 0 aliphatic rings. The average molecular weight is 735 g/mol. The van der Waals surface area contributed by atoms with E-state index in [4.69, 9.17) is 9.47 Å². The summed E-state index contributed by atoms with van der Waals surface area (Å²) in [5, 5.41) is 9.62. The van der Waals surface area contributed by atoms with E-state index in [0.29, 0.717) is 19.6 Å². The molecule has 0 aromatic rings. The van der Waals surface area contributed by atoms with E-state index in [9.17, 15) is 9.90 Å². The maximum atomic E-state index is 12.2. The van der Waals surface area contributed by atoms with Crippen LogP contribution in [0.25, 0.3) is 0 Å². The molecule has 0 amide bonds. The van der Waals surface area contributed by atoms with E-state index in [-0.39, 0.29) is 12.6 Å². The van der Waals surface area contributed by atoms with Crippen molar-refractivity contribution in [2.24, 2.45) is 0 Å². The average Bonchev–Trinajstić information content (AvgIpc) is 3.15. The minimum absolute atomic E-state index is 0.169. The van der Waals surface area contributed by atoms with Crippen LogP contribution in [0.2, 0.25) is 0 Å². The molecule has 0 saturated heterocycles. The highest BCUT2D eigenvalue weighted by Gasteiger charge is 2.13. The summed E-state index contributed by atoms with van der Waals surface area (Å²) in [5.41, 5.74) is 0. The topological polar surface area (TPSA) is 55.8 Å². The van der Waals surface area contributed by atoms with E-state index >= 15 is 0 Å². The Morgan fingerprint density at radius 3 is 1.10 bits per heavy atom. The van der Waals surface area contributed by atoms with Gasteiger partial charge in [0.1, 0.15) is 6.10 Å². The van der Waals surface area contributed by atoms with Gasteiger partial charge in [0.15, 0.2) is 0 Å². The number of ether oxygens (including phenoxy) is 2. The predicted octanol–water partition coefficient (Wildman–Crippen LogP) is 15.7. The molecule has 4 nitrogen and oxygen atoms in total. The lowest BCUT2D eigenvalue weighted by atomic mass is 10.0. The second-order valence-electron chi connectivity index (χ2n) is 16.2. The number of esters is 1. The van der Waals surface area contributed by atoms with Gasteiger partial charge in [-0.25, -0.2) is 0 Å². The number of rotatable bonds is 45. The van der Waals surface area contributed by atoms with Crippen molar-refractivity contribution in [3.8, 4) is 0 Å². The van der Waals surface area contributed by atoms with Gasteiger partial charge in [0.05, 0.1) is 13.2 Å². The molecule has 310 valence electrons. The molecule has 1 N–H and O–H groups in total. The SMILES string of the molecule is CCCCCCCCC/C=C\CCCCCCCC(=O)OC(CO)COCCCCCCCCCCCCCCCCCCCCCCCCCC. The fraction of sp³-hybridized carbons (Fsp3) is 0.938. The second-order valence-corrected chi connectivity index (χ2v) is 16.2. The van der Waals surface area contributed by atoms with E-state index in [1.807, 2.05) is 0 Å². The first-order valence-corrected chi connectivity index (χ1v) is 23.8. The number of aliphatic hydroxyl groups excluding tert-OH is 1. The smallest absolute Gasteiger partial charge is 0.306 e. The zero-order valence-corrected chi connectivity index (χ0v) is 35.6. The molecule has 0 aliphatic carbocycles. The van der Waals surface area contributed by atoms with Gasteiger partial charge in [0.25, 0.3) is 0 Å². The number of unbranched alkanes of at least 4 members (excludes halogenated alkanes) is 35. The molecule has 0 fully saturated rings. The Bertz CT molecular complexity index is 692. The molecule has 0 radical (unpaired) electrons. The van der Waals surface area contributed by atoms with Crippen LogP contribution in [0.4, 0.5) is 0 Å². The van der Waals surface area contributed by atoms with E-state index in [2.05, 4.69) is 26.0 Å². The summed E-state index contributed by atoms with van der Waals surface area (Å²) in [6, 6.07) is 0. The number of carbonyl (C=O) groups is 1. The van der Waals surface area contributed by atoms with Crippen LogP contribution in [-0.4, -0.2) is 37.0 Å². The third-order valence-corrected chi connectivity index (χ3v) is 10.8. The van der Waals surface area contributed by atoms with Crippen molar-refractivity contribution in [3.63, 3.8) is 0 Å². The molecule has 0 aromatic heterocycles. The van der Waals surface area contributed by atoms with E-state index in [0.717, 1.165) is 19.3 Å². The molecule has 0 aromatic carbocycles. The highest BCUT2D eigenvalue weighted by molar-refractivity contribution is 5.69. The van der Waals surface area contributed by atoms with Crippen LogP contribution in [0.1, 0.15) is 264 Å². The minimum Gasteiger partial charge on any atom is -0.457 e. The van der Waals surface area contributed by atoms with Gasteiger partial charge in [-0.05, 0) is 38.5 Å². The van der Waals surface area contributed by atoms with Crippen molar-refractivity contribution < 1.29 is 19.4 Å². The predicted molar refractivity (Wildman–Crippen MR) is 228 cm³/mol. The second kappa shape index (κ2) is 46.3. The standard InChI is InChI=1S/C48H94O4/c1-3-5-7-9-11-13-15-17-19-21-22-23-24-25-26-27-28-30-32-34-36-38-40-42-44-51-46-47(45-49)52-48(50)43-41-39-37-35-33-31-29-20-18-16-14-12-10-8-6-4-2/h20,29,47,49H,3-19,21-28,30-46H2,1-2H3/b29-20-. The molecule has 1 unspecified atom stereocenters. The molecule has 0 saturated carbocycles. The molecule has 0 heterocycles. The summed E-state index contributed by atoms with van der Waals surface area (Å²) in [5.74, 6) is -0.203. The molecule has 0 rings (SSSR count). The van der Waals surface area contributed by atoms with Gasteiger partial charge in [0.2, 0.25) is 0 Å². The third-order valence-electron chi connectivity index (χ3n) is 10.8. The Hall–Kier alpha value is -0.870. The Balaban J connectivity index is 3.35. The van der Waals surface area contributed by atoms with Gasteiger partial charge in [-0.1, -0.05) is 231 Å². The molecule has 52 heavy (non-hydrogen) atoms. The highest BCUT2D eigenvalue weighted by Crippen LogP contribution is 2.16. The van der Waals surface area contributed by atoms with E-state index in [1.165, 1.54) is 225 Å². The van der Waals surface area contributed by atoms with Crippen molar-refractivity contribution >= 4 is 5.97 Å². The van der Waals surface area contributed by atoms with Crippen molar-refractivity contribution in [2.75, 3.05) is 19.8 Å². The first kappa shape index (κ1) is 51.1. The normalized spacial score (nSPS) is 12.3. The summed E-state index contributed by atoms with van der Waals surface area (Å²) >= 11 is 0. The van der Waals surface area contributed by atoms with E-state index in [1.54, 1.807) is 0 Å². The Labute approximate surface area is 326 Å². The zero-order chi connectivity index (χ0) is 37.7. The molecule has 4 heteroatoms. The van der Waals surface area contributed by atoms with Crippen LogP contribution < -0.4 is 0 Å². The number of aliphatic hydroxyl groups is 1. The number of allylic oxidation sites excluding steroid dienone is 2. The van der Waals surface area contributed by atoms with Gasteiger partial charge < -0.3 is 14.6 Å². The first-order valence-electron chi connectivity index (χ1n) is 23.8. The fourth-order valence-corrected chi connectivity index (χ4v) is 7.27. The Morgan fingerprint density at radius 1 is 0.442 bits per heavy atom. The summed E-state index contributed by atoms with van der Waals surface area (Å²) in [6.45, 7) is 5.39. The zero-order valence-electron chi connectivity index (χ0n) is 35.6. The van der Waals surface area contributed by atoms with Crippen LogP contribution in [-0.2, 0) is 14.3 Å². The minimum atomic E-state index is -0.533. The summed E-state index contributed by atoms with van der Waals surface area (Å²) in [7, 11) is 0. The number of carbonyl (C=O) groups excluding carboxylic acids is 1. The van der Waals surface area contributed by atoms with Crippen molar-refractivity contribution in [1.29, 1.82) is 0 Å². The van der Waals surface area contributed by atoms with Crippen LogP contribution in [0.3, 0.4) is 0 Å². The van der Waals surface area contributed by atoms with Crippen LogP contribution >= 0.6 is 0 Å². The summed E-state index contributed by atoms with van der Waals surface area (Å²) in [4.78, 5) is 12.2. The van der Waals surface area contributed by atoms with Crippen LogP contribution in [0.15, 0.2) is 12.2 Å². The summed E-state index contributed by atoms with van der Waals surface area (Å²) < 4.78 is 11.2. The molecule has 0 spiro atoms. The van der Waals surface area contributed by atoms with Gasteiger partial charge in [-0.3, -0.25) is 4.79 Å². The monoisotopic (exact) mass is 735 g/mol. The van der Waals surface area contributed by atoms with Crippen molar-refractivity contribution in [2.45, 2.75) is 270 Å². The molecule has 0 aliphatic heterocycles. The van der Waals surface area contributed by atoms with Gasteiger partial charge >= 0.3 is 5.97 Å². The lowest BCUT2D eigenvalue weighted by molar-refractivity contribution is -0.154. The molecular weight excluding hydrogens is 641 g/mol. The Morgan fingerprint density at radius 2 is 0.750 bits per heavy atom. The van der Waals surface area contributed by atoms with Gasteiger partial charge in [-0.2, -0.15) is 0 Å². The number of hydrogen-bond acceptors (Lipinski definition) is 4. The quantitative estimate of drug-likeness (QED) is 0.0384. The summed E-state index contributed by atoms with van der Waals surface area (Å²) in [6.07, 6.45) is 55.8. The maximum Gasteiger partial charge on any atom is 0.306 e. The molecule has 1 atom stereocenters. The first-order chi connectivity index (χ1) is 25.7. The van der Waals surface area contributed by atoms with Gasteiger partial charge in [-0.15, -0.1) is 0 Å². The van der Waals surface area contributed by atoms with Crippen LogP contribution in [0.5, 0.6) is 0 Å².